The molecule has 0 aliphatic rings. The fourth-order valence-electron chi connectivity index (χ4n) is 1.52. The van der Waals surface area contributed by atoms with Crippen molar-refractivity contribution in [1.29, 1.82) is 0 Å². The Kier molecular flexibility index (Phi) is 5.66. The maximum atomic E-state index is 13.1. The third-order valence-corrected chi connectivity index (χ3v) is 2.59. The van der Waals surface area contributed by atoms with Gasteiger partial charge in [-0.05, 0) is 23.8 Å². The predicted octanol–water partition coefficient (Wildman–Crippen LogP) is 2.57. The Morgan fingerprint density at radius 3 is 2.75 bits per heavy atom. The van der Waals surface area contributed by atoms with E-state index in [-0.39, 0.29) is 12.4 Å². The third kappa shape index (κ3) is 4.43. The number of rotatable bonds is 6. The van der Waals surface area contributed by atoms with Gasteiger partial charge in [-0.15, -0.1) is 6.58 Å². The van der Waals surface area contributed by atoms with E-state index < -0.39 is 0 Å². The molecule has 1 rings (SSSR count). The smallest absolute Gasteiger partial charge is 0.124 e. The molecule has 2 nitrogen and oxygen atoms in total. The molecule has 0 heterocycles. The van der Waals surface area contributed by atoms with Gasteiger partial charge in [-0.25, -0.2) is 4.39 Å². The number of hydrogen-bond acceptors (Lipinski definition) is 2. The highest BCUT2D eigenvalue weighted by Gasteiger charge is 2.05. The minimum atomic E-state index is -0.257. The second-order valence-corrected chi connectivity index (χ2v) is 4.44. The summed E-state index contributed by atoms with van der Waals surface area (Å²) in [7, 11) is 0. The van der Waals surface area contributed by atoms with Gasteiger partial charge in [0.2, 0.25) is 0 Å². The van der Waals surface area contributed by atoms with E-state index in [0.717, 1.165) is 10.0 Å². The van der Waals surface area contributed by atoms with Crippen LogP contribution in [0.4, 0.5) is 4.39 Å². The van der Waals surface area contributed by atoms with E-state index >= 15 is 0 Å². The van der Waals surface area contributed by atoms with Gasteiger partial charge in [0.05, 0.1) is 6.61 Å². The van der Waals surface area contributed by atoms with E-state index in [1.165, 1.54) is 12.1 Å². The Bertz CT molecular complexity index is 337. The summed E-state index contributed by atoms with van der Waals surface area (Å²) in [6.45, 7) is 5.57. The lowest BCUT2D eigenvalue weighted by Gasteiger charge is -2.19. The number of aliphatic hydroxyl groups is 1. The van der Waals surface area contributed by atoms with Crippen LogP contribution in [0.25, 0.3) is 0 Å². The lowest BCUT2D eigenvalue weighted by molar-refractivity contribution is 0.203. The van der Waals surface area contributed by atoms with Crippen LogP contribution in [0, 0.1) is 5.82 Å². The van der Waals surface area contributed by atoms with Crippen molar-refractivity contribution in [1.82, 2.24) is 4.90 Å². The van der Waals surface area contributed by atoms with Crippen molar-refractivity contribution in [3.8, 4) is 0 Å². The van der Waals surface area contributed by atoms with Gasteiger partial charge in [-0.3, -0.25) is 4.90 Å². The molecule has 0 atom stereocenters. The maximum absolute atomic E-state index is 13.1. The van der Waals surface area contributed by atoms with Crippen molar-refractivity contribution in [3.05, 3.63) is 46.7 Å². The summed E-state index contributed by atoms with van der Waals surface area (Å²) in [5.74, 6) is -0.257. The monoisotopic (exact) mass is 287 g/mol. The van der Waals surface area contributed by atoms with Crippen LogP contribution in [0.1, 0.15) is 5.56 Å². The molecule has 88 valence electrons. The fraction of sp³-hybridized carbons (Fsp3) is 0.333. The zero-order chi connectivity index (χ0) is 12.0. The Labute approximate surface area is 104 Å². The molecule has 0 amide bonds. The van der Waals surface area contributed by atoms with Crippen LogP contribution < -0.4 is 0 Å². The van der Waals surface area contributed by atoms with Gasteiger partial charge >= 0.3 is 0 Å². The number of nitrogens with zero attached hydrogens (tertiary/aromatic N) is 1. The molecule has 0 unspecified atom stereocenters. The molecule has 4 heteroatoms. The SMILES string of the molecule is C=CCN(CCO)Cc1cc(F)cc(Br)c1. The lowest BCUT2D eigenvalue weighted by atomic mass is 10.2. The van der Waals surface area contributed by atoms with Gasteiger partial charge in [0.1, 0.15) is 5.82 Å². The lowest BCUT2D eigenvalue weighted by Crippen LogP contribution is -2.26. The molecule has 0 aliphatic heterocycles. The van der Waals surface area contributed by atoms with Gasteiger partial charge in [-0.1, -0.05) is 22.0 Å². The minimum absolute atomic E-state index is 0.0876. The molecule has 0 fully saturated rings. The summed E-state index contributed by atoms with van der Waals surface area (Å²) < 4.78 is 13.9. The predicted molar refractivity (Wildman–Crippen MR) is 66.7 cm³/mol. The highest BCUT2D eigenvalue weighted by Crippen LogP contribution is 2.16. The first-order chi connectivity index (χ1) is 7.65. The van der Waals surface area contributed by atoms with Crippen LogP contribution in [0.2, 0.25) is 0 Å². The van der Waals surface area contributed by atoms with Gasteiger partial charge in [0, 0.05) is 24.1 Å². The molecule has 1 aromatic rings. The summed E-state index contributed by atoms with van der Waals surface area (Å²) in [6.07, 6.45) is 1.77. The first-order valence-electron chi connectivity index (χ1n) is 5.04. The third-order valence-electron chi connectivity index (χ3n) is 2.13. The topological polar surface area (TPSA) is 23.5 Å². The average molecular weight is 288 g/mol. The van der Waals surface area contributed by atoms with Crippen molar-refractivity contribution < 1.29 is 9.50 Å². The molecule has 0 saturated heterocycles. The Morgan fingerprint density at radius 2 is 2.19 bits per heavy atom. The number of hydrogen-bond donors (Lipinski definition) is 1. The Morgan fingerprint density at radius 1 is 1.44 bits per heavy atom. The van der Waals surface area contributed by atoms with Crippen molar-refractivity contribution in [2.45, 2.75) is 6.54 Å². The van der Waals surface area contributed by atoms with Crippen LogP contribution in [0.5, 0.6) is 0 Å². The van der Waals surface area contributed by atoms with Crippen molar-refractivity contribution >= 4 is 15.9 Å². The van der Waals surface area contributed by atoms with Gasteiger partial charge < -0.3 is 5.11 Å². The molecule has 0 aliphatic carbocycles. The first kappa shape index (κ1) is 13.4. The normalized spacial score (nSPS) is 10.8. The van der Waals surface area contributed by atoms with Crippen LogP contribution in [0.3, 0.4) is 0 Å². The van der Waals surface area contributed by atoms with Crippen LogP contribution in [-0.4, -0.2) is 29.7 Å². The maximum Gasteiger partial charge on any atom is 0.124 e. The van der Waals surface area contributed by atoms with Crippen LogP contribution >= 0.6 is 15.9 Å². The van der Waals surface area contributed by atoms with Gasteiger partial charge in [0.25, 0.3) is 0 Å². The number of aliphatic hydroxyl groups excluding tert-OH is 1. The van der Waals surface area contributed by atoms with Crippen molar-refractivity contribution in [3.63, 3.8) is 0 Å². The molecule has 0 saturated carbocycles. The first-order valence-corrected chi connectivity index (χ1v) is 5.84. The highest BCUT2D eigenvalue weighted by molar-refractivity contribution is 9.10. The number of halogens is 2. The van der Waals surface area contributed by atoms with Crippen molar-refractivity contribution in [2.24, 2.45) is 0 Å². The number of benzene rings is 1. The molecule has 16 heavy (non-hydrogen) atoms. The van der Waals surface area contributed by atoms with Gasteiger partial charge in [0.15, 0.2) is 0 Å². The largest absolute Gasteiger partial charge is 0.395 e. The van der Waals surface area contributed by atoms with E-state index in [1.54, 1.807) is 6.08 Å². The average Bonchev–Trinajstić information content (AvgIpc) is 2.16. The Hall–Kier alpha value is -0.710. The quantitative estimate of drug-likeness (QED) is 0.813. The molecule has 1 N–H and O–H groups in total. The van der Waals surface area contributed by atoms with E-state index in [0.29, 0.717) is 19.6 Å². The Balaban J connectivity index is 2.71. The van der Waals surface area contributed by atoms with E-state index in [4.69, 9.17) is 5.11 Å². The van der Waals surface area contributed by atoms with E-state index in [9.17, 15) is 4.39 Å². The highest BCUT2D eigenvalue weighted by atomic mass is 79.9. The molecule has 0 aromatic heterocycles. The van der Waals surface area contributed by atoms with Crippen LogP contribution in [0.15, 0.2) is 35.3 Å². The van der Waals surface area contributed by atoms with Crippen LogP contribution in [-0.2, 0) is 6.54 Å². The molecule has 0 spiro atoms. The molecule has 0 bridgehead atoms. The van der Waals surface area contributed by atoms with E-state index in [2.05, 4.69) is 22.5 Å². The second kappa shape index (κ2) is 6.78. The zero-order valence-electron chi connectivity index (χ0n) is 9.00. The summed E-state index contributed by atoms with van der Waals surface area (Å²) >= 11 is 3.25. The summed E-state index contributed by atoms with van der Waals surface area (Å²) in [6, 6.07) is 4.79. The fourth-order valence-corrected chi connectivity index (χ4v) is 2.03. The standard InChI is InChI=1S/C12H15BrFNO/c1-2-3-15(4-5-16)9-10-6-11(13)8-12(14)7-10/h2,6-8,16H,1,3-5,9H2. The molecular formula is C12H15BrFNO. The summed E-state index contributed by atoms with van der Waals surface area (Å²) in [4.78, 5) is 1.99. The van der Waals surface area contributed by atoms with Crippen molar-refractivity contribution in [2.75, 3.05) is 19.7 Å². The molecule has 1 aromatic carbocycles. The molecular weight excluding hydrogens is 273 g/mol. The second-order valence-electron chi connectivity index (χ2n) is 3.53. The summed E-state index contributed by atoms with van der Waals surface area (Å²) in [5.41, 5.74) is 0.877. The molecule has 0 radical (unpaired) electrons. The van der Waals surface area contributed by atoms with E-state index in [1.807, 2.05) is 11.0 Å². The zero-order valence-corrected chi connectivity index (χ0v) is 10.6. The summed E-state index contributed by atoms with van der Waals surface area (Å²) in [5, 5.41) is 8.89. The van der Waals surface area contributed by atoms with Gasteiger partial charge in [-0.2, -0.15) is 0 Å². The minimum Gasteiger partial charge on any atom is -0.395 e.